The Morgan fingerprint density at radius 3 is 2.58 bits per heavy atom. The Hall–Kier alpha value is -4.10. The van der Waals surface area contributed by atoms with E-state index in [9.17, 15) is 23.6 Å². The lowest BCUT2D eigenvalue weighted by Crippen LogP contribution is -2.39. The van der Waals surface area contributed by atoms with Crippen LogP contribution in [-0.2, 0) is 6.54 Å². The maximum atomic E-state index is 13.6. The molecule has 8 nitrogen and oxygen atoms in total. The van der Waals surface area contributed by atoms with Crippen LogP contribution < -0.4 is 11.0 Å². The van der Waals surface area contributed by atoms with Gasteiger partial charge in [-0.3, -0.25) is 14.3 Å². The van der Waals surface area contributed by atoms with Crippen molar-refractivity contribution in [3.63, 3.8) is 0 Å². The van der Waals surface area contributed by atoms with Crippen molar-refractivity contribution >= 4 is 28.5 Å². The second-order valence-corrected chi connectivity index (χ2v) is 9.72. The summed E-state index contributed by atoms with van der Waals surface area (Å²) < 4.78 is 29.8. The summed E-state index contributed by atoms with van der Waals surface area (Å²) in [7, 11) is 0. The highest BCUT2D eigenvalue weighted by Crippen LogP contribution is 2.29. The van der Waals surface area contributed by atoms with Gasteiger partial charge in [0.1, 0.15) is 11.8 Å². The molecule has 0 unspecified atom stereocenters. The smallest absolute Gasteiger partial charge is 0.334 e. The lowest BCUT2D eigenvalue weighted by Gasteiger charge is -2.29. The lowest BCUT2D eigenvalue weighted by molar-refractivity contribution is 0.0904. The summed E-state index contributed by atoms with van der Waals surface area (Å²) in [5.41, 5.74) is 0.626. The van der Waals surface area contributed by atoms with E-state index < -0.39 is 18.0 Å². The first-order chi connectivity index (χ1) is 18.4. The monoisotopic (exact) mass is 536 g/mol. The van der Waals surface area contributed by atoms with Crippen LogP contribution in [0.25, 0.3) is 16.9 Å². The van der Waals surface area contributed by atoms with E-state index in [1.807, 2.05) is 24.3 Å². The van der Waals surface area contributed by atoms with Gasteiger partial charge in [-0.1, -0.05) is 23.7 Å². The quantitative estimate of drug-likeness (QED) is 0.372. The number of carbonyl (C=O) groups excluding carboxylic acids is 1. The van der Waals surface area contributed by atoms with Gasteiger partial charge in [0.05, 0.1) is 27.2 Å². The number of nitrogens with zero attached hydrogens (tertiary/aromatic N) is 5. The molecule has 0 radical (unpaired) electrons. The van der Waals surface area contributed by atoms with Crippen LogP contribution in [-0.4, -0.2) is 31.1 Å². The molecule has 0 atom stereocenters. The number of hydrogen-bond acceptors (Lipinski definition) is 5. The predicted molar refractivity (Wildman–Crippen MR) is 137 cm³/mol. The normalized spacial score (nSPS) is 17.4. The molecule has 1 aliphatic carbocycles. The molecule has 1 aliphatic rings. The first-order valence-corrected chi connectivity index (χ1v) is 12.6. The molecule has 38 heavy (non-hydrogen) atoms. The first kappa shape index (κ1) is 25.5. The Balaban J connectivity index is 1.32. The van der Waals surface area contributed by atoms with Gasteiger partial charge in [0.2, 0.25) is 0 Å². The maximum absolute atomic E-state index is 13.6. The van der Waals surface area contributed by atoms with Crippen LogP contribution in [0.3, 0.4) is 0 Å². The van der Waals surface area contributed by atoms with Crippen LogP contribution in [0, 0.1) is 17.2 Å². The minimum absolute atomic E-state index is 0.112. The average molecular weight is 537 g/mol. The third-order valence-electron chi connectivity index (χ3n) is 6.91. The van der Waals surface area contributed by atoms with E-state index in [1.54, 1.807) is 22.9 Å². The molecule has 4 aromatic rings. The van der Waals surface area contributed by atoms with Crippen LogP contribution in [0.1, 0.15) is 53.7 Å². The second-order valence-electron chi connectivity index (χ2n) is 9.28. The van der Waals surface area contributed by atoms with Gasteiger partial charge in [-0.15, -0.1) is 0 Å². The number of halogens is 3. The average Bonchev–Trinajstić information content (AvgIpc) is 3.20. The number of para-hydroxylation sites is 2. The van der Waals surface area contributed by atoms with Crippen molar-refractivity contribution in [2.24, 2.45) is 5.92 Å². The summed E-state index contributed by atoms with van der Waals surface area (Å²) in [6, 6.07) is 13.8. The number of nitrogens with one attached hydrogen (secondary N) is 1. The number of hydrogen-bond donors (Lipinski definition) is 1. The number of alkyl halides is 2. The fourth-order valence-corrected chi connectivity index (χ4v) is 5.23. The zero-order valence-corrected chi connectivity index (χ0v) is 20.9. The number of aromatic nitrogens is 4. The molecule has 1 N–H and O–H groups in total. The third-order valence-corrected chi connectivity index (χ3v) is 7.12. The van der Waals surface area contributed by atoms with Crippen molar-refractivity contribution < 1.29 is 13.6 Å². The molecule has 3 aromatic heterocycles. The second kappa shape index (κ2) is 10.7. The van der Waals surface area contributed by atoms with E-state index in [0.29, 0.717) is 36.3 Å². The number of fused-ring (bicyclic) bond motifs is 1. The van der Waals surface area contributed by atoms with Crippen LogP contribution in [0.2, 0.25) is 5.02 Å². The standard InChI is InChI=1S/C27H23ClF2N6O2/c28-18-12-20(23(24(29)30)33-14-18)26(37)34-19-9-7-16(8-10-19)15-35-21-5-1-2-6-22(21)36(27(35)38)25-17(13-31)4-3-11-32-25/h1-6,11-12,14,16,19,24H,7-10,15H2,(H,34,37)/t16-,19-. The van der Waals surface area contributed by atoms with Gasteiger partial charge >= 0.3 is 5.69 Å². The minimum atomic E-state index is -2.89. The minimum Gasteiger partial charge on any atom is -0.349 e. The molecule has 1 saturated carbocycles. The van der Waals surface area contributed by atoms with Gasteiger partial charge < -0.3 is 5.32 Å². The Morgan fingerprint density at radius 1 is 1.13 bits per heavy atom. The highest BCUT2D eigenvalue weighted by Gasteiger charge is 2.27. The molecule has 0 aliphatic heterocycles. The third kappa shape index (κ3) is 4.89. The largest absolute Gasteiger partial charge is 0.349 e. The Kier molecular flexibility index (Phi) is 7.20. The van der Waals surface area contributed by atoms with E-state index in [2.05, 4.69) is 21.4 Å². The molecule has 11 heteroatoms. The van der Waals surface area contributed by atoms with E-state index in [0.717, 1.165) is 24.6 Å². The Labute approximate surface area is 221 Å². The number of amides is 1. The molecule has 5 rings (SSSR count). The Morgan fingerprint density at radius 2 is 1.87 bits per heavy atom. The molecular formula is C27H23ClF2N6O2. The maximum Gasteiger partial charge on any atom is 0.334 e. The fraction of sp³-hybridized carbons (Fsp3) is 0.296. The van der Waals surface area contributed by atoms with E-state index in [4.69, 9.17) is 11.6 Å². The molecule has 0 saturated heterocycles. The van der Waals surface area contributed by atoms with Crippen molar-refractivity contribution in [2.75, 3.05) is 0 Å². The molecular weight excluding hydrogens is 514 g/mol. The van der Waals surface area contributed by atoms with E-state index in [-0.39, 0.29) is 28.2 Å². The van der Waals surface area contributed by atoms with Gasteiger partial charge in [-0.25, -0.2) is 23.1 Å². The number of carbonyl (C=O) groups is 1. The molecule has 194 valence electrons. The van der Waals surface area contributed by atoms with Crippen molar-refractivity contribution in [3.05, 3.63) is 87.2 Å². The van der Waals surface area contributed by atoms with Gasteiger partial charge in [-0.2, -0.15) is 5.26 Å². The SMILES string of the molecule is N#Cc1cccnc1-n1c(=O)n(C[C@H]2CC[C@H](NC(=O)c3cc(Cl)cnc3C(F)F)CC2)c2ccccc21. The summed E-state index contributed by atoms with van der Waals surface area (Å²) in [5.74, 6) is -0.162. The lowest BCUT2D eigenvalue weighted by atomic mass is 9.85. The van der Waals surface area contributed by atoms with E-state index in [1.165, 1.54) is 10.6 Å². The number of rotatable bonds is 6. The number of imidazole rings is 1. The zero-order chi connectivity index (χ0) is 26.8. The Bertz CT molecular complexity index is 1600. The summed E-state index contributed by atoms with van der Waals surface area (Å²) in [6.07, 6.45) is 2.51. The highest BCUT2D eigenvalue weighted by atomic mass is 35.5. The van der Waals surface area contributed by atoms with Crippen molar-refractivity contribution in [1.82, 2.24) is 24.4 Å². The molecule has 1 amide bonds. The van der Waals surface area contributed by atoms with Crippen LogP contribution in [0.4, 0.5) is 8.78 Å². The van der Waals surface area contributed by atoms with Crippen molar-refractivity contribution in [3.8, 4) is 11.9 Å². The molecule has 3 heterocycles. The fourth-order valence-electron chi connectivity index (χ4n) is 5.07. The number of benzene rings is 1. The molecule has 0 bridgehead atoms. The molecule has 1 fully saturated rings. The van der Waals surface area contributed by atoms with Crippen LogP contribution >= 0.6 is 11.6 Å². The topological polar surface area (TPSA) is 106 Å². The van der Waals surface area contributed by atoms with Crippen molar-refractivity contribution in [2.45, 2.75) is 44.7 Å². The molecule has 0 spiro atoms. The van der Waals surface area contributed by atoms with Gasteiger partial charge in [0.25, 0.3) is 12.3 Å². The summed E-state index contributed by atoms with van der Waals surface area (Å²) in [5, 5.41) is 12.5. The van der Waals surface area contributed by atoms with Crippen LogP contribution in [0.5, 0.6) is 0 Å². The zero-order valence-electron chi connectivity index (χ0n) is 20.2. The van der Waals surface area contributed by atoms with E-state index >= 15 is 0 Å². The van der Waals surface area contributed by atoms with Gasteiger partial charge in [0, 0.05) is 25.0 Å². The number of pyridine rings is 2. The highest BCUT2D eigenvalue weighted by molar-refractivity contribution is 6.30. The van der Waals surface area contributed by atoms with Crippen molar-refractivity contribution in [1.29, 1.82) is 5.26 Å². The predicted octanol–water partition coefficient (Wildman–Crippen LogP) is 5.03. The summed E-state index contributed by atoms with van der Waals surface area (Å²) >= 11 is 5.88. The summed E-state index contributed by atoms with van der Waals surface area (Å²) in [6.45, 7) is 0.468. The number of nitriles is 1. The van der Waals surface area contributed by atoms with Gasteiger partial charge in [0.15, 0.2) is 5.82 Å². The van der Waals surface area contributed by atoms with Crippen LogP contribution in [0.15, 0.2) is 59.7 Å². The van der Waals surface area contributed by atoms with Gasteiger partial charge in [-0.05, 0) is 61.9 Å². The molecule has 1 aromatic carbocycles. The first-order valence-electron chi connectivity index (χ1n) is 12.2. The summed E-state index contributed by atoms with van der Waals surface area (Å²) in [4.78, 5) is 34.2.